The highest BCUT2D eigenvalue weighted by Gasteiger charge is 2.16. The second-order valence-corrected chi connectivity index (χ2v) is 4.53. The lowest BCUT2D eigenvalue weighted by atomic mass is 10.3. The normalized spacial score (nSPS) is 9.91. The van der Waals surface area contributed by atoms with Crippen LogP contribution in [0.1, 0.15) is 10.5 Å². The van der Waals surface area contributed by atoms with Gasteiger partial charge in [0, 0.05) is 25.1 Å². The molecule has 0 aliphatic rings. The van der Waals surface area contributed by atoms with Gasteiger partial charge in [0.25, 0.3) is 5.91 Å². The Morgan fingerprint density at radius 2 is 1.95 bits per heavy atom. The van der Waals surface area contributed by atoms with Gasteiger partial charge in [0.1, 0.15) is 11.4 Å². The Morgan fingerprint density at radius 3 is 2.55 bits per heavy atom. The molecule has 7 heteroatoms. The van der Waals surface area contributed by atoms with Crippen molar-refractivity contribution in [3.8, 4) is 5.75 Å². The first kappa shape index (κ1) is 15.4. The van der Waals surface area contributed by atoms with E-state index in [-0.39, 0.29) is 24.1 Å². The first-order chi connectivity index (χ1) is 10.6. The maximum Gasteiger partial charge on any atom is 0.274 e. The second-order valence-electron chi connectivity index (χ2n) is 4.53. The first-order valence-electron chi connectivity index (χ1n) is 6.55. The number of anilines is 1. The smallest absolute Gasteiger partial charge is 0.274 e. The highest BCUT2D eigenvalue weighted by molar-refractivity contribution is 5.98. The molecular formula is C15H16N4O3. The van der Waals surface area contributed by atoms with E-state index in [9.17, 15) is 9.59 Å². The van der Waals surface area contributed by atoms with Crippen LogP contribution in [0.5, 0.6) is 5.75 Å². The molecule has 0 atom stereocenters. The third-order valence-electron chi connectivity index (χ3n) is 2.88. The molecule has 114 valence electrons. The van der Waals surface area contributed by atoms with E-state index in [0.29, 0.717) is 11.4 Å². The summed E-state index contributed by atoms with van der Waals surface area (Å²) in [7, 11) is 3.10. The summed E-state index contributed by atoms with van der Waals surface area (Å²) < 4.78 is 5.04. The lowest BCUT2D eigenvalue weighted by Gasteiger charge is -2.16. The molecule has 0 fully saturated rings. The topological polar surface area (TPSA) is 84.4 Å². The van der Waals surface area contributed by atoms with Crippen molar-refractivity contribution >= 4 is 17.5 Å². The minimum atomic E-state index is -0.363. The van der Waals surface area contributed by atoms with Gasteiger partial charge in [-0.15, -0.1) is 0 Å². The maximum atomic E-state index is 12.0. The van der Waals surface area contributed by atoms with Crippen molar-refractivity contribution in [2.75, 3.05) is 26.0 Å². The number of benzene rings is 1. The molecule has 2 rings (SSSR count). The average Bonchev–Trinajstić information content (AvgIpc) is 2.55. The average molecular weight is 300 g/mol. The van der Waals surface area contributed by atoms with Gasteiger partial charge in [-0.05, 0) is 24.3 Å². The van der Waals surface area contributed by atoms with Crippen molar-refractivity contribution in [1.82, 2.24) is 14.9 Å². The van der Waals surface area contributed by atoms with E-state index in [4.69, 9.17) is 4.74 Å². The number of ether oxygens (including phenoxy) is 1. The lowest BCUT2D eigenvalue weighted by Crippen LogP contribution is -2.35. The van der Waals surface area contributed by atoms with Gasteiger partial charge in [-0.2, -0.15) is 0 Å². The van der Waals surface area contributed by atoms with E-state index in [1.165, 1.54) is 30.5 Å². The van der Waals surface area contributed by atoms with Crippen LogP contribution in [0.15, 0.2) is 42.9 Å². The summed E-state index contributed by atoms with van der Waals surface area (Å²) in [6.45, 7) is -0.0819. The number of carbonyl (C=O) groups excluding carboxylic acids is 2. The molecule has 0 bridgehead atoms. The van der Waals surface area contributed by atoms with Crippen molar-refractivity contribution in [2.45, 2.75) is 0 Å². The largest absolute Gasteiger partial charge is 0.497 e. The summed E-state index contributed by atoms with van der Waals surface area (Å²) in [5.74, 6) is 0.0378. The molecule has 0 aliphatic heterocycles. The number of hydrogen-bond acceptors (Lipinski definition) is 5. The van der Waals surface area contributed by atoms with Crippen molar-refractivity contribution in [3.63, 3.8) is 0 Å². The van der Waals surface area contributed by atoms with Gasteiger partial charge in [-0.3, -0.25) is 14.6 Å². The number of rotatable bonds is 5. The highest BCUT2D eigenvalue weighted by atomic mass is 16.5. The standard InChI is InChI=1S/C15H16N4O3/c1-19(15(21)13-9-16-7-8-17-13)10-14(20)18-11-3-5-12(22-2)6-4-11/h3-9H,10H2,1-2H3,(H,18,20). The lowest BCUT2D eigenvalue weighted by molar-refractivity contribution is -0.116. The molecule has 0 saturated heterocycles. The molecule has 1 N–H and O–H groups in total. The molecule has 0 saturated carbocycles. The molecule has 0 unspecified atom stereocenters. The molecule has 1 aromatic heterocycles. The van der Waals surface area contributed by atoms with Crippen molar-refractivity contribution in [2.24, 2.45) is 0 Å². The Balaban J connectivity index is 1.92. The molecule has 2 aromatic rings. The van der Waals surface area contributed by atoms with Gasteiger partial charge in [0.15, 0.2) is 0 Å². The van der Waals surface area contributed by atoms with Gasteiger partial charge < -0.3 is 15.0 Å². The minimum Gasteiger partial charge on any atom is -0.497 e. The Bertz CT molecular complexity index is 644. The third kappa shape index (κ3) is 4.02. The molecule has 0 spiro atoms. The van der Waals surface area contributed by atoms with Crippen molar-refractivity contribution in [1.29, 1.82) is 0 Å². The SMILES string of the molecule is COc1ccc(NC(=O)CN(C)C(=O)c2cnccn2)cc1. The molecule has 2 amide bonds. The van der Waals surface area contributed by atoms with Crippen LogP contribution in [0.3, 0.4) is 0 Å². The predicted molar refractivity (Wildman–Crippen MR) is 80.6 cm³/mol. The van der Waals surface area contributed by atoms with Crippen LogP contribution in [0.4, 0.5) is 5.69 Å². The molecule has 0 radical (unpaired) electrons. The Morgan fingerprint density at radius 1 is 1.23 bits per heavy atom. The van der Waals surface area contributed by atoms with Gasteiger partial charge in [-0.25, -0.2) is 4.98 Å². The molecule has 1 heterocycles. The number of carbonyl (C=O) groups is 2. The van der Waals surface area contributed by atoms with Crippen LogP contribution in [0.2, 0.25) is 0 Å². The quantitative estimate of drug-likeness (QED) is 0.896. The maximum absolute atomic E-state index is 12.0. The Kier molecular flexibility index (Phi) is 5.02. The van der Waals surface area contributed by atoms with Crippen LogP contribution >= 0.6 is 0 Å². The highest BCUT2D eigenvalue weighted by Crippen LogP contribution is 2.14. The van der Waals surface area contributed by atoms with Gasteiger partial charge in [0.05, 0.1) is 19.9 Å². The number of hydrogen-bond donors (Lipinski definition) is 1. The van der Waals surface area contributed by atoms with E-state index in [1.807, 2.05) is 0 Å². The van der Waals surface area contributed by atoms with Crippen LogP contribution < -0.4 is 10.1 Å². The number of aromatic nitrogens is 2. The molecule has 1 aromatic carbocycles. The van der Waals surface area contributed by atoms with Crippen LogP contribution in [-0.4, -0.2) is 47.4 Å². The summed E-state index contributed by atoms with van der Waals surface area (Å²) in [6, 6.07) is 6.93. The Labute approximate surface area is 127 Å². The number of likely N-dealkylation sites (N-methyl/N-ethyl adjacent to an activating group) is 1. The van der Waals surface area contributed by atoms with Gasteiger partial charge in [0.2, 0.25) is 5.91 Å². The van der Waals surface area contributed by atoms with E-state index < -0.39 is 0 Å². The monoisotopic (exact) mass is 300 g/mol. The molecule has 0 aliphatic carbocycles. The second kappa shape index (κ2) is 7.16. The number of amides is 2. The summed E-state index contributed by atoms with van der Waals surface area (Å²) in [5, 5.41) is 2.71. The predicted octanol–water partition coefficient (Wildman–Crippen LogP) is 1.20. The molecular weight excluding hydrogens is 284 g/mol. The first-order valence-corrected chi connectivity index (χ1v) is 6.55. The summed E-state index contributed by atoms with van der Waals surface area (Å²) >= 11 is 0. The summed E-state index contributed by atoms with van der Waals surface area (Å²) in [4.78, 5) is 33.0. The van der Waals surface area contributed by atoms with Crippen molar-refractivity contribution < 1.29 is 14.3 Å². The zero-order valence-electron chi connectivity index (χ0n) is 12.3. The molecule has 22 heavy (non-hydrogen) atoms. The minimum absolute atomic E-state index is 0.0819. The number of methoxy groups -OCH3 is 1. The number of nitrogens with one attached hydrogen (secondary N) is 1. The zero-order valence-corrected chi connectivity index (χ0v) is 12.3. The number of nitrogens with zero attached hydrogens (tertiary/aromatic N) is 3. The van der Waals surface area contributed by atoms with E-state index >= 15 is 0 Å². The van der Waals surface area contributed by atoms with E-state index in [0.717, 1.165) is 0 Å². The summed E-state index contributed by atoms with van der Waals surface area (Å²) in [5.41, 5.74) is 0.827. The van der Waals surface area contributed by atoms with Gasteiger partial charge >= 0.3 is 0 Å². The van der Waals surface area contributed by atoms with Crippen LogP contribution in [-0.2, 0) is 4.79 Å². The van der Waals surface area contributed by atoms with E-state index in [2.05, 4.69) is 15.3 Å². The fourth-order valence-corrected chi connectivity index (χ4v) is 1.77. The summed E-state index contributed by atoms with van der Waals surface area (Å²) in [6.07, 6.45) is 4.27. The third-order valence-corrected chi connectivity index (χ3v) is 2.88. The fourth-order valence-electron chi connectivity index (χ4n) is 1.77. The van der Waals surface area contributed by atoms with Crippen molar-refractivity contribution in [3.05, 3.63) is 48.5 Å². The molecule has 7 nitrogen and oxygen atoms in total. The van der Waals surface area contributed by atoms with Gasteiger partial charge in [-0.1, -0.05) is 0 Å². The Hall–Kier alpha value is -2.96. The fraction of sp³-hybridized carbons (Fsp3) is 0.200. The van der Waals surface area contributed by atoms with E-state index in [1.54, 1.807) is 31.4 Å². The van der Waals surface area contributed by atoms with Crippen LogP contribution in [0.25, 0.3) is 0 Å². The van der Waals surface area contributed by atoms with Crippen LogP contribution in [0, 0.1) is 0 Å². The zero-order chi connectivity index (χ0) is 15.9.